The lowest BCUT2D eigenvalue weighted by Gasteiger charge is -2.61. The van der Waals surface area contributed by atoms with Crippen LogP contribution in [0.3, 0.4) is 0 Å². The third-order valence-corrected chi connectivity index (χ3v) is 11.1. The Kier molecular flexibility index (Phi) is 8.52. The smallest absolute Gasteiger partial charge is 0.332 e. The minimum absolute atomic E-state index is 0.0127. The van der Waals surface area contributed by atoms with Crippen LogP contribution in [-0.4, -0.2) is 50.1 Å². The normalized spacial score (nSPS) is 41.4. The van der Waals surface area contributed by atoms with Gasteiger partial charge in [0.1, 0.15) is 12.7 Å². The van der Waals surface area contributed by atoms with E-state index in [1.165, 1.54) is 38.5 Å². The van der Waals surface area contributed by atoms with Crippen LogP contribution >= 0.6 is 0 Å². The number of hydrogen-bond acceptors (Lipinski definition) is 5. The van der Waals surface area contributed by atoms with Crippen LogP contribution in [0.25, 0.3) is 0 Å². The van der Waals surface area contributed by atoms with Crippen molar-refractivity contribution in [3.63, 3.8) is 0 Å². The third-order valence-electron chi connectivity index (χ3n) is 11.1. The van der Waals surface area contributed by atoms with E-state index < -0.39 is 5.97 Å². The van der Waals surface area contributed by atoms with Gasteiger partial charge in [-0.3, -0.25) is 4.79 Å². The second kappa shape index (κ2) is 11.1. The van der Waals surface area contributed by atoms with Crippen LogP contribution in [0.4, 0.5) is 0 Å². The van der Waals surface area contributed by atoms with E-state index >= 15 is 0 Å². The van der Waals surface area contributed by atoms with E-state index in [4.69, 9.17) is 14.2 Å². The molecule has 4 saturated carbocycles. The lowest BCUT2D eigenvalue weighted by molar-refractivity contribution is -0.167. The molecule has 4 fully saturated rings. The zero-order valence-electron chi connectivity index (χ0n) is 22.4. The Bertz CT molecular complexity index is 753. The van der Waals surface area contributed by atoms with Gasteiger partial charge in [-0.15, -0.1) is 0 Å². The summed E-state index contributed by atoms with van der Waals surface area (Å²) >= 11 is 0. The molecule has 0 saturated heterocycles. The fraction of sp³-hybridized carbons (Fsp3) is 0.931. The number of carboxylic acids is 1. The first-order chi connectivity index (χ1) is 16.7. The number of fused-ring (bicyclic) bond motifs is 5. The number of hydrogen-bond donors (Lipinski definition) is 1. The summed E-state index contributed by atoms with van der Waals surface area (Å²) in [6, 6.07) is 0. The minimum Gasteiger partial charge on any atom is -0.481 e. The molecule has 200 valence electrons. The Morgan fingerprint density at radius 1 is 0.971 bits per heavy atom. The van der Waals surface area contributed by atoms with E-state index in [1.54, 1.807) is 7.11 Å². The predicted molar refractivity (Wildman–Crippen MR) is 134 cm³/mol. The lowest BCUT2D eigenvalue weighted by Crippen LogP contribution is -2.54. The van der Waals surface area contributed by atoms with Crippen LogP contribution in [0, 0.1) is 46.3 Å². The molecule has 4 rings (SSSR count). The van der Waals surface area contributed by atoms with Crippen LogP contribution in [0.15, 0.2) is 0 Å². The molecule has 0 heterocycles. The molecule has 1 N–H and O–H groups in total. The molecule has 6 nitrogen and oxygen atoms in total. The molecule has 9 atom stereocenters. The Morgan fingerprint density at radius 3 is 2.46 bits per heavy atom. The summed E-state index contributed by atoms with van der Waals surface area (Å²) in [5, 5.41) is 9.18. The maximum Gasteiger partial charge on any atom is 0.332 e. The highest BCUT2D eigenvalue weighted by atomic mass is 16.6. The van der Waals surface area contributed by atoms with E-state index in [2.05, 4.69) is 20.8 Å². The molecule has 0 unspecified atom stereocenters. The number of carboxylic acid groups (broad SMARTS) is 1. The standard InChI is InChI=1S/C29H48O6/c1-19(5-10-26(30)31)23-8-9-24-22-7-6-20-17-21(35-27(32)18-34-16-15-33-4)11-13-28(20,2)25(22)12-14-29(23,24)3/h19-25H,5-18H2,1-4H3,(H,30,31)/t19-,20-,21+,22+,23-,24+,25+,28+,29-/m1/s1. The van der Waals surface area contributed by atoms with Gasteiger partial charge in [0.2, 0.25) is 0 Å². The van der Waals surface area contributed by atoms with Crippen molar-refractivity contribution >= 4 is 11.9 Å². The van der Waals surface area contributed by atoms with Gasteiger partial charge in [0.25, 0.3) is 0 Å². The molecule has 0 aliphatic heterocycles. The van der Waals surface area contributed by atoms with Crippen LogP contribution in [-0.2, 0) is 23.8 Å². The monoisotopic (exact) mass is 492 g/mol. The van der Waals surface area contributed by atoms with Crippen LogP contribution in [0.5, 0.6) is 0 Å². The first-order valence-corrected chi connectivity index (χ1v) is 14.2. The van der Waals surface area contributed by atoms with E-state index in [0.717, 1.165) is 43.4 Å². The van der Waals surface area contributed by atoms with E-state index in [9.17, 15) is 14.7 Å². The molecule has 0 aromatic heterocycles. The van der Waals surface area contributed by atoms with Crippen molar-refractivity contribution < 1.29 is 28.9 Å². The predicted octanol–water partition coefficient (Wildman–Crippen LogP) is 5.72. The van der Waals surface area contributed by atoms with Crippen molar-refractivity contribution in [3.8, 4) is 0 Å². The zero-order chi connectivity index (χ0) is 25.2. The van der Waals surface area contributed by atoms with Crippen LogP contribution < -0.4 is 0 Å². The first-order valence-electron chi connectivity index (χ1n) is 14.2. The molecule has 6 heteroatoms. The zero-order valence-corrected chi connectivity index (χ0v) is 22.4. The van der Waals surface area contributed by atoms with Gasteiger partial charge in [-0.1, -0.05) is 20.8 Å². The molecular weight excluding hydrogens is 444 g/mol. The first kappa shape index (κ1) is 26.9. The number of rotatable bonds is 10. The number of ether oxygens (including phenoxy) is 3. The fourth-order valence-electron chi connectivity index (χ4n) is 9.37. The lowest BCUT2D eigenvalue weighted by atomic mass is 9.44. The summed E-state index contributed by atoms with van der Waals surface area (Å²) in [7, 11) is 1.62. The summed E-state index contributed by atoms with van der Waals surface area (Å²) < 4.78 is 16.1. The third kappa shape index (κ3) is 5.44. The van der Waals surface area contributed by atoms with Gasteiger partial charge in [-0.05, 0) is 111 Å². The number of methoxy groups -OCH3 is 1. The summed E-state index contributed by atoms with van der Waals surface area (Å²) in [4.78, 5) is 23.4. The van der Waals surface area contributed by atoms with E-state index in [0.29, 0.717) is 48.2 Å². The largest absolute Gasteiger partial charge is 0.481 e. The average molecular weight is 493 g/mol. The summed E-state index contributed by atoms with van der Waals surface area (Å²) in [6.07, 6.45) is 12.0. The maximum atomic E-state index is 12.3. The Morgan fingerprint density at radius 2 is 1.71 bits per heavy atom. The van der Waals surface area contributed by atoms with E-state index in [1.807, 2.05) is 0 Å². The molecule has 0 spiro atoms. The molecule has 4 aliphatic rings. The van der Waals surface area contributed by atoms with Gasteiger partial charge in [0, 0.05) is 13.5 Å². The Balaban J connectivity index is 1.35. The van der Waals surface area contributed by atoms with Crippen molar-refractivity contribution in [1.82, 2.24) is 0 Å². The highest BCUT2D eigenvalue weighted by Gasteiger charge is 2.60. The van der Waals surface area contributed by atoms with Gasteiger partial charge in [-0.25, -0.2) is 4.79 Å². The molecule has 4 aliphatic carbocycles. The summed E-state index contributed by atoms with van der Waals surface area (Å²) in [5.74, 6) is 3.27. The minimum atomic E-state index is -0.661. The second-order valence-corrected chi connectivity index (χ2v) is 12.7. The molecule has 0 radical (unpaired) electrons. The van der Waals surface area contributed by atoms with Gasteiger partial charge in [0.15, 0.2) is 0 Å². The van der Waals surface area contributed by atoms with Gasteiger partial charge < -0.3 is 19.3 Å². The number of carbonyl (C=O) groups excluding carboxylic acids is 1. The highest BCUT2D eigenvalue weighted by Crippen LogP contribution is 2.68. The number of carbonyl (C=O) groups is 2. The second-order valence-electron chi connectivity index (χ2n) is 12.7. The van der Waals surface area contributed by atoms with Gasteiger partial charge >= 0.3 is 11.9 Å². The van der Waals surface area contributed by atoms with Gasteiger partial charge in [-0.2, -0.15) is 0 Å². The number of aliphatic carboxylic acids is 1. The van der Waals surface area contributed by atoms with Crippen molar-refractivity contribution in [2.45, 2.75) is 97.5 Å². The van der Waals surface area contributed by atoms with Crippen molar-refractivity contribution in [3.05, 3.63) is 0 Å². The molecule has 35 heavy (non-hydrogen) atoms. The average Bonchev–Trinajstić information content (AvgIpc) is 3.18. The molecule has 0 amide bonds. The highest BCUT2D eigenvalue weighted by molar-refractivity contribution is 5.70. The van der Waals surface area contributed by atoms with Crippen LogP contribution in [0.2, 0.25) is 0 Å². The fourth-order valence-corrected chi connectivity index (χ4v) is 9.37. The summed E-state index contributed by atoms with van der Waals surface area (Å²) in [5.41, 5.74) is 0.729. The number of esters is 1. The summed E-state index contributed by atoms with van der Waals surface area (Å²) in [6.45, 7) is 8.31. The maximum absolute atomic E-state index is 12.3. The van der Waals surface area contributed by atoms with Crippen molar-refractivity contribution in [2.24, 2.45) is 46.3 Å². The quantitative estimate of drug-likeness (QED) is 0.310. The van der Waals surface area contributed by atoms with Gasteiger partial charge in [0.05, 0.1) is 13.2 Å². The molecular formula is C29H48O6. The molecule has 0 bridgehead atoms. The van der Waals surface area contributed by atoms with Crippen molar-refractivity contribution in [1.29, 1.82) is 0 Å². The van der Waals surface area contributed by atoms with Crippen LogP contribution in [0.1, 0.15) is 91.4 Å². The van der Waals surface area contributed by atoms with Crippen molar-refractivity contribution in [2.75, 3.05) is 26.9 Å². The molecule has 0 aromatic carbocycles. The van der Waals surface area contributed by atoms with E-state index in [-0.39, 0.29) is 18.7 Å². The topological polar surface area (TPSA) is 82.1 Å². The Hall–Kier alpha value is -1.14. The molecule has 0 aromatic rings. The Labute approximate surface area is 211 Å². The SMILES string of the molecule is COCCOCC(=O)O[C@H]1CC[C@@]2(C)[C@H](CC[C@@H]3[C@@H]2CC[C@]2(C)[C@@H]([C@H](C)CCC(=O)O)CC[C@@H]32)C1.